The van der Waals surface area contributed by atoms with Crippen LogP contribution in [0.3, 0.4) is 0 Å². The lowest BCUT2D eigenvalue weighted by molar-refractivity contribution is -0.138. The van der Waals surface area contributed by atoms with Crippen LogP contribution in [0.15, 0.2) is 41.8 Å². The number of carbonyl (C=O) groups excluding carboxylic acids is 1. The third kappa shape index (κ3) is 4.70. The second kappa shape index (κ2) is 8.37. The van der Waals surface area contributed by atoms with Gasteiger partial charge < -0.3 is 14.8 Å². The fourth-order valence-electron chi connectivity index (χ4n) is 1.45. The summed E-state index contributed by atoms with van der Waals surface area (Å²) in [4.78, 5) is 11.9. The summed E-state index contributed by atoms with van der Waals surface area (Å²) < 4.78 is 10.3. The second-order valence-electron chi connectivity index (χ2n) is 3.66. The van der Waals surface area contributed by atoms with Gasteiger partial charge in [-0.25, -0.2) is 4.79 Å². The van der Waals surface area contributed by atoms with Gasteiger partial charge in [-0.1, -0.05) is 18.2 Å². The Bertz CT molecular complexity index is 500. The van der Waals surface area contributed by atoms with Crippen molar-refractivity contribution in [1.29, 1.82) is 5.41 Å². The molecule has 0 unspecified atom stereocenters. The quantitative estimate of drug-likeness (QED) is 0.346. The van der Waals surface area contributed by atoms with E-state index in [1.807, 2.05) is 30.3 Å². The molecule has 0 aliphatic heterocycles. The van der Waals surface area contributed by atoms with Gasteiger partial charge in [0.15, 0.2) is 5.57 Å². The number of ether oxygens (including phenoxy) is 2. The van der Waals surface area contributed by atoms with Crippen LogP contribution in [0.2, 0.25) is 0 Å². The SMILES string of the molecule is CCOC(=O)/C(C(=N)Br)=C(/Nc1ccccc1)OCC. The van der Waals surface area contributed by atoms with Crippen LogP contribution in [0.5, 0.6) is 0 Å². The minimum atomic E-state index is -0.610. The fourth-order valence-corrected chi connectivity index (χ4v) is 1.79. The van der Waals surface area contributed by atoms with Crippen molar-refractivity contribution >= 4 is 32.2 Å². The van der Waals surface area contributed by atoms with Gasteiger partial charge in [-0.15, -0.1) is 0 Å². The van der Waals surface area contributed by atoms with E-state index in [0.29, 0.717) is 6.61 Å². The highest BCUT2D eigenvalue weighted by Crippen LogP contribution is 2.17. The second-order valence-corrected chi connectivity index (χ2v) is 4.46. The van der Waals surface area contributed by atoms with Crippen LogP contribution >= 0.6 is 15.9 Å². The Morgan fingerprint density at radius 3 is 2.30 bits per heavy atom. The lowest BCUT2D eigenvalue weighted by Crippen LogP contribution is -2.19. The van der Waals surface area contributed by atoms with Gasteiger partial charge in [0.25, 0.3) is 0 Å². The maximum atomic E-state index is 11.9. The van der Waals surface area contributed by atoms with Gasteiger partial charge in [0.2, 0.25) is 5.88 Å². The van der Waals surface area contributed by atoms with Gasteiger partial charge in [-0.3, -0.25) is 5.41 Å². The third-order valence-electron chi connectivity index (χ3n) is 2.25. The zero-order chi connectivity index (χ0) is 15.0. The minimum Gasteiger partial charge on any atom is -0.479 e. The van der Waals surface area contributed by atoms with Crippen LogP contribution in [0.25, 0.3) is 0 Å². The van der Waals surface area contributed by atoms with Crippen LogP contribution in [-0.4, -0.2) is 23.8 Å². The molecular formula is C14H17BrN2O3. The van der Waals surface area contributed by atoms with E-state index in [1.54, 1.807) is 13.8 Å². The van der Waals surface area contributed by atoms with E-state index >= 15 is 0 Å². The van der Waals surface area contributed by atoms with E-state index in [0.717, 1.165) is 5.69 Å². The topological polar surface area (TPSA) is 71.4 Å². The zero-order valence-corrected chi connectivity index (χ0v) is 13.0. The van der Waals surface area contributed by atoms with Gasteiger partial charge in [0.1, 0.15) is 4.62 Å². The Labute approximate surface area is 126 Å². The summed E-state index contributed by atoms with van der Waals surface area (Å²) in [6.45, 7) is 4.09. The van der Waals surface area contributed by atoms with Crippen molar-refractivity contribution in [1.82, 2.24) is 0 Å². The van der Waals surface area contributed by atoms with Crippen molar-refractivity contribution in [3.05, 3.63) is 41.8 Å². The number of para-hydroxylation sites is 1. The first kappa shape index (κ1) is 16.2. The minimum absolute atomic E-state index is 0.0255. The highest BCUT2D eigenvalue weighted by atomic mass is 79.9. The summed E-state index contributed by atoms with van der Waals surface area (Å²) in [6.07, 6.45) is 0. The molecule has 20 heavy (non-hydrogen) atoms. The molecular weight excluding hydrogens is 324 g/mol. The van der Waals surface area contributed by atoms with Crippen molar-refractivity contribution in [3.8, 4) is 0 Å². The maximum absolute atomic E-state index is 11.9. The molecule has 5 nitrogen and oxygen atoms in total. The highest BCUT2D eigenvalue weighted by Gasteiger charge is 2.22. The molecule has 0 fully saturated rings. The summed E-state index contributed by atoms with van der Waals surface area (Å²) in [6, 6.07) is 9.26. The average molecular weight is 341 g/mol. The molecule has 6 heteroatoms. The molecule has 0 aromatic heterocycles. The molecule has 108 valence electrons. The molecule has 0 radical (unpaired) electrons. The molecule has 0 aliphatic carbocycles. The number of carbonyl (C=O) groups is 1. The first-order valence-corrected chi connectivity index (χ1v) is 7.00. The number of benzene rings is 1. The van der Waals surface area contributed by atoms with E-state index < -0.39 is 5.97 Å². The number of hydrogen-bond acceptors (Lipinski definition) is 5. The summed E-state index contributed by atoms with van der Waals surface area (Å²) in [5, 5.41) is 10.7. The van der Waals surface area contributed by atoms with Crippen molar-refractivity contribution in [2.45, 2.75) is 13.8 Å². The Balaban J connectivity index is 3.13. The average Bonchev–Trinajstić information content (AvgIpc) is 2.40. The van der Waals surface area contributed by atoms with E-state index in [2.05, 4.69) is 21.2 Å². The highest BCUT2D eigenvalue weighted by molar-refractivity contribution is 9.18. The molecule has 0 bridgehead atoms. The van der Waals surface area contributed by atoms with Crippen LogP contribution in [-0.2, 0) is 14.3 Å². The van der Waals surface area contributed by atoms with Crippen molar-refractivity contribution < 1.29 is 14.3 Å². The lowest BCUT2D eigenvalue weighted by Gasteiger charge is -2.15. The normalized spacial score (nSPS) is 11.3. The standard InChI is InChI=1S/C14H17BrN2O3/c1-3-19-13(17-10-8-6-5-7-9-10)11(12(15)16)14(18)20-4-2/h5-9,16-17H,3-4H2,1-2H3/b13-11-,16-12?. The lowest BCUT2D eigenvalue weighted by atomic mass is 10.2. The monoisotopic (exact) mass is 340 g/mol. The predicted octanol–water partition coefficient (Wildman–Crippen LogP) is 3.28. The molecule has 1 aromatic carbocycles. The van der Waals surface area contributed by atoms with Gasteiger partial charge in [-0.05, 0) is 41.9 Å². The smallest absolute Gasteiger partial charge is 0.346 e. The van der Waals surface area contributed by atoms with E-state index in [1.165, 1.54) is 0 Å². The zero-order valence-electron chi connectivity index (χ0n) is 11.4. The number of anilines is 1. The van der Waals surface area contributed by atoms with Gasteiger partial charge in [0, 0.05) is 5.69 Å². The molecule has 2 N–H and O–H groups in total. The van der Waals surface area contributed by atoms with Gasteiger partial charge >= 0.3 is 5.97 Å². The van der Waals surface area contributed by atoms with E-state index in [9.17, 15) is 4.79 Å². The summed E-state index contributed by atoms with van der Waals surface area (Å²) >= 11 is 3.00. The molecule has 0 saturated heterocycles. The number of rotatable bonds is 7. The van der Waals surface area contributed by atoms with Crippen molar-refractivity contribution in [2.24, 2.45) is 0 Å². The largest absolute Gasteiger partial charge is 0.479 e. The first-order valence-electron chi connectivity index (χ1n) is 6.20. The third-order valence-corrected chi connectivity index (χ3v) is 2.64. The van der Waals surface area contributed by atoms with Crippen molar-refractivity contribution in [3.63, 3.8) is 0 Å². The molecule has 0 atom stereocenters. The molecule has 0 heterocycles. The summed E-state index contributed by atoms with van der Waals surface area (Å²) in [5.41, 5.74) is 0.782. The summed E-state index contributed by atoms with van der Waals surface area (Å²) in [5.74, 6) is -0.416. The number of nitrogens with one attached hydrogen (secondary N) is 2. The number of halogens is 1. The van der Waals surface area contributed by atoms with Crippen LogP contribution in [0, 0.1) is 5.41 Å². The van der Waals surface area contributed by atoms with E-state index in [-0.39, 0.29) is 22.7 Å². The molecule has 1 aromatic rings. The van der Waals surface area contributed by atoms with Gasteiger partial charge in [-0.2, -0.15) is 0 Å². The van der Waals surface area contributed by atoms with Crippen LogP contribution in [0.1, 0.15) is 13.8 Å². The Hall–Kier alpha value is -1.82. The Morgan fingerprint density at radius 1 is 1.20 bits per heavy atom. The fraction of sp³-hybridized carbons (Fsp3) is 0.286. The van der Waals surface area contributed by atoms with Crippen LogP contribution < -0.4 is 5.32 Å². The first-order chi connectivity index (χ1) is 9.60. The predicted molar refractivity (Wildman–Crippen MR) is 82.0 cm³/mol. The number of hydrogen-bond donors (Lipinski definition) is 2. The van der Waals surface area contributed by atoms with E-state index in [4.69, 9.17) is 14.9 Å². The van der Waals surface area contributed by atoms with Crippen LogP contribution in [0.4, 0.5) is 5.69 Å². The Morgan fingerprint density at radius 2 is 1.80 bits per heavy atom. The molecule has 0 saturated carbocycles. The van der Waals surface area contributed by atoms with Crippen molar-refractivity contribution in [2.75, 3.05) is 18.5 Å². The number of esters is 1. The molecule has 0 amide bonds. The molecule has 0 spiro atoms. The Kier molecular flexibility index (Phi) is 6.79. The summed E-state index contributed by atoms with van der Waals surface area (Å²) in [7, 11) is 0. The maximum Gasteiger partial charge on any atom is 0.346 e. The van der Waals surface area contributed by atoms with Gasteiger partial charge in [0.05, 0.1) is 13.2 Å². The molecule has 1 rings (SSSR count). The molecule has 0 aliphatic rings.